The smallest absolute Gasteiger partial charge is 0.289 e. The Morgan fingerprint density at radius 2 is 1.96 bits per heavy atom. The summed E-state index contributed by atoms with van der Waals surface area (Å²) in [5.41, 5.74) is 5.98. The van der Waals surface area contributed by atoms with E-state index in [-0.39, 0.29) is 11.4 Å². The monoisotopic (exact) mass is 397 g/mol. The van der Waals surface area contributed by atoms with Gasteiger partial charge in [0.1, 0.15) is 11.9 Å². The molecule has 0 bridgehead atoms. The molecule has 0 fully saturated rings. The molecule has 1 amide bonds. The maximum absolute atomic E-state index is 12.1. The largest absolute Gasteiger partial charge is 0.318 e. The summed E-state index contributed by atoms with van der Waals surface area (Å²) in [5.74, 6) is -0.558. The lowest BCUT2D eigenvalue weighted by Crippen LogP contribution is -2.19. The van der Waals surface area contributed by atoms with Gasteiger partial charge < -0.3 is 4.57 Å². The first-order chi connectivity index (χ1) is 13.4. The highest BCUT2D eigenvalue weighted by Crippen LogP contribution is 2.21. The van der Waals surface area contributed by atoms with Gasteiger partial charge in [0.2, 0.25) is 0 Å². The van der Waals surface area contributed by atoms with Crippen molar-refractivity contribution in [1.82, 2.24) is 15.0 Å². The highest BCUT2D eigenvalue weighted by Gasteiger charge is 2.11. The Morgan fingerprint density at radius 3 is 2.57 bits per heavy atom. The van der Waals surface area contributed by atoms with Crippen molar-refractivity contribution in [3.05, 3.63) is 86.4 Å². The van der Waals surface area contributed by atoms with E-state index in [1.165, 1.54) is 18.3 Å². The average Bonchev–Trinajstić information content (AvgIpc) is 2.96. The van der Waals surface area contributed by atoms with E-state index in [4.69, 9.17) is 11.6 Å². The third-order valence-corrected chi connectivity index (χ3v) is 4.37. The summed E-state index contributed by atoms with van der Waals surface area (Å²) in [5, 5.41) is 15.3. The summed E-state index contributed by atoms with van der Waals surface area (Å²) in [4.78, 5) is 25.9. The lowest BCUT2D eigenvalue weighted by molar-refractivity contribution is -0.385. The first-order valence-corrected chi connectivity index (χ1v) is 8.63. The summed E-state index contributed by atoms with van der Waals surface area (Å²) >= 11 is 5.95. The van der Waals surface area contributed by atoms with E-state index in [0.717, 1.165) is 28.8 Å². The minimum Gasteiger partial charge on any atom is -0.318 e. The second-order valence-electron chi connectivity index (χ2n) is 6.00. The number of benzene rings is 1. The van der Waals surface area contributed by atoms with Crippen molar-refractivity contribution in [1.29, 1.82) is 0 Å². The van der Waals surface area contributed by atoms with Crippen molar-refractivity contribution >= 4 is 29.4 Å². The summed E-state index contributed by atoms with van der Waals surface area (Å²) in [6, 6.07) is 11.9. The molecule has 8 nitrogen and oxygen atoms in total. The van der Waals surface area contributed by atoms with Crippen LogP contribution in [0.1, 0.15) is 27.4 Å². The van der Waals surface area contributed by atoms with Crippen molar-refractivity contribution in [2.75, 3.05) is 0 Å². The van der Waals surface area contributed by atoms with Crippen molar-refractivity contribution < 1.29 is 9.72 Å². The van der Waals surface area contributed by atoms with E-state index in [0.29, 0.717) is 5.02 Å². The summed E-state index contributed by atoms with van der Waals surface area (Å²) in [6.45, 7) is 3.92. The number of nitrogens with zero attached hydrogens (tertiary/aromatic N) is 4. The van der Waals surface area contributed by atoms with E-state index >= 15 is 0 Å². The number of hydrogen-bond donors (Lipinski definition) is 1. The fraction of sp³-hybridized carbons (Fsp3) is 0.105. The highest BCUT2D eigenvalue weighted by atomic mass is 35.5. The number of halogens is 1. The summed E-state index contributed by atoms with van der Waals surface area (Å²) < 4.78 is 2.05. The Bertz CT molecular complexity index is 1060. The van der Waals surface area contributed by atoms with Crippen LogP contribution in [0.5, 0.6) is 0 Å². The van der Waals surface area contributed by atoms with Gasteiger partial charge in [0.25, 0.3) is 11.6 Å². The zero-order chi connectivity index (χ0) is 20.3. The van der Waals surface area contributed by atoms with Crippen LogP contribution in [0.4, 0.5) is 5.69 Å². The standard InChI is InChI=1S/C19H16ClN5O3/c1-12-9-14(13(2)24(12)16-5-3-15(20)4-6-16)10-22-23-19(26)18-8-7-17(11-21-18)25(27)28/h3-11H,1-2H3,(H,23,26)/b22-10+. The van der Waals surface area contributed by atoms with Crippen molar-refractivity contribution in [2.45, 2.75) is 13.8 Å². The van der Waals surface area contributed by atoms with Gasteiger partial charge in [-0.05, 0) is 50.2 Å². The second kappa shape index (κ2) is 8.01. The van der Waals surface area contributed by atoms with Crippen LogP contribution in [0, 0.1) is 24.0 Å². The molecule has 0 saturated heterocycles. The number of nitro groups is 1. The van der Waals surface area contributed by atoms with Crippen molar-refractivity contribution in [3.8, 4) is 5.69 Å². The molecule has 142 valence electrons. The third-order valence-electron chi connectivity index (χ3n) is 4.12. The van der Waals surface area contributed by atoms with Crippen LogP contribution in [0.3, 0.4) is 0 Å². The van der Waals surface area contributed by atoms with Gasteiger partial charge in [-0.2, -0.15) is 5.10 Å². The van der Waals surface area contributed by atoms with Gasteiger partial charge in [-0.15, -0.1) is 0 Å². The van der Waals surface area contributed by atoms with Crippen molar-refractivity contribution in [3.63, 3.8) is 0 Å². The minimum atomic E-state index is -0.580. The van der Waals surface area contributed by atoms with E-state index < -0.39 is 10.8 Å². The lowest BCUT2D eigenvalue weighted by atomic mass is 10.2. The van der Waals surface area contributed by atoms with Crippen LogP contribution in [0.15, 0.2) is 53.8 Å². The molecular weight excluding hydrogens is 382 g/mol. The fourth-order valence-electron chi connectivity index (χ4n) is 2.75. The molecule has 0 aliphatic carbocycles. The van der Waals surface area contributed by atoms with Crippen LogP contribution in [0.25, 0.3) is 5.69 Å². The zero-order valence-corrected chi connectivity index (χ0v) is 15.8. The number of carbonyl (C=O) groups is 1. The first kappa shape index (κ1) is 19.2. The number of hydrogen-bond acceptors (Lipinski definition) is 5. The molecular formula is C19H16ClN5O3. The number of nitrogens with one attached hydrogen (secondary N) is 1. The second-order valence-corrected chi connectivity index (χ2v) is 6.43. The number of aryl methyl sites for hydroxylation is 1. The van der Waals surface area contributed by atoms with Crippen LogP contribution in [0.2, 0.25) is 5.02 Å². The molecule has 0 radical (unpaired) electrons. The van der Waals surface area contributed by atoms with Crippen LogP contribution >= 0.6 is 11.6 Å². The molecule has 2 aromatic heterocycles. The van der Waals surface area contributed by atoms with Gasteiger partial charge in [0.05, 0.1) is 11.1 Å². The van der Waals surface area contributed by atoms with Gasteiger partial charge in [-0.25, -0.2) is 10.4 Å². The van der Waals surface area contributed by atoms with Crippen molar-refractivity contribution in [2.24, 2.45) is 5.10 Å². The molecule has 9 heteroatoms. The molecule has 1 N–H and O–H groups in total. The quantitative estimate of drug-likeness (QED) is 0.401. The molecule has 28 heavy (non-hydrogen) atoms. The number of carbonyl (C=O) groups excluding carboxylic acids is 1. The maximum Gasteiger partial charge on any atom is 0.289 e. The Labute approximate surface area is 165 Å². The zero-order valence-electron chi connectivity index (χ0n) is 15.1. The third kappa shape index (κ3) is 4.07. The number of rotatable bonds is 5. The van der Waals surface area contributed by atoms with E-state index in [1.807, 2.05) is 44.2 Å². The number of aromatic nitrogens is 2. The first-order valence-electron chi connectivity index (χ1n) is 8.25. The number of hydrazone groups is 1. The number of pyridine rings is 1. The lowest BCUT2D eigenvalue weighted by Gasteiger charge is -2.09. The SMILES string of the molecule is Cc1cc(/C=N/NC(=O)c2ccc([N+](=O)[O-])cn2)c(C)n1-c1ccc(Cl)cc1. The predicted molar refractivity (Wildman–Crippen MR) is 106 cm³/mol. The molecule has 0 spiro atoms. The molecule has 0 saturated carbocycles. The predicted octanol–water partition coefficient (Wildman–Crippen LogP) is 3.81. The van der Waals surface area contributed by atoms with Crippen LogP contribution in [-0.4, -0.2) is 26.6 Å². The van der Waals surface area contributed by atoms with Crippen LogP contribution < -0.4 is 5.43 Å². The Morgan fingerprint density at radius 1 is 1.25 bits per heavy atom. The fourth-order valence-corrected chi connectivity index (χ4v) is 2.88. The van der Waals surface area contributed by atoms with Gasteiger partial charge in [0, 0.05) is 33.7 Å². The van der Waals surface area contributed by atoms with E-state index in [1.54, 1.807) is 0 Å². The molecule has 0 atom stereocenters. The molecule has 0 unspecified atom stereocenters. The van der Waals surface area contributed by atoms with E-state index in [2.05, 4.69) is 20.1 Å². The number of amides is 1. The average molecular weight is 398 g/mol. The Balaban J connectivity index is 1.74. The summed E-state index contributed by atoms with van der Waals surface area (Å²) in [6.07, 6.45) is 2.57. The Kier molecular flexibility index (Phi) is 5.51. The van der Waals surface area contributed by atoms with E-state index in [9.17, 15) is 14.9 Å². The molecule has 2 heterocycles. The normalized spacial score (nSPS) is 11.0. The van der Waals surface area contributed by atoms with Gasteiger partial charge in [0.15, 0.2) is 0 Å². The van der Waals surface area contributed by atoms with Crippen LogP contribution in [-0.2, 0) is 0 Å². The highest BCUT2D eigenvalue weighted by molar-refractivity contribution is 6.30. The minimum absolute atomic E-state index is 0.0365. The molecule has 3 rings (SSSR count). The van der Waals surface area contributed by atoms with Gasteiger partial charge >= 0.3 is 0 Å². The summed E-state index contributed by atoms with van der Waals surface area (Å²) in [7, 11) is 0. The molecule has 0 aliphatic heterocycles. The Hall–Kier alpha value is -3.52. The maximum atomic E-state index is 12.1. The topological polar surface area (TPSA) is 102 Å². The molecule has 1 aromatic carbocycles. The van der Waals surface area contributed by atoms with Gasteiger partial charge in [-0.1, -0.05) is 11.6 Å². The molecule has 0 aliphatic rings. The van der Waals surface area contributed by atoms with Gasteiger partial charge in [-0.3, -0.25) is 14.9 Å². The molecule has 3 aromatic rings.